The average molecular weight is 504 g/mol. The third-order valence-electron chi connectivity index (χ3n) is 3.27. The third-order valence-corrected chi connectivity index (χ3v) is 3.27. The second kappa shape index (κ2) is 11.0. The molecule has 0 bridgehead atoms. The van der Waals surface area contributed by atoms with Gasteiger partial charge in [-0.25, -0.2) is 4.79 Å². The third kappa shape index (κ3) is 4.89. The van der Waals surface area contributed by atoms with Gasteiger partial charge in [0.2, 0.25) is 5.91 Å². The summed E-state index contributed by atoms with van der Waals surface area (Å²) >= 11 is 0. The van der Waals surface area contributed by atoms with Gasteiger partial charge in [0.15, 0.2) is 0 Å². The fraction of sp³-hybridized carbons (Fsp3) is 0.471. The molecule has 2 heterocycles. The zero-order chi connectivity index (χ0) is 17.4. The number of aromatic nitrogens is 2. The topological polar surface area (TPSA) is 76.4 Å². The number of nitrogens with one attached hydrogen (secondary N) is 1. The molecule has 0 saturated carbocycles. The molecule has 1 aliphatic heterocycles. The van der Waals surface area contributed by atoms with E-state index in [1.807, 2.05) is 45.9 Å². The van der Waals surface area contributed by atoms with Crippen molar-refractivity contribution in [2.45, 2.75) is 47.5 Å². The van der Waals surface area contributed by atoms with Gasteiger partial charge in [-0.1, -0.05) is 52.8 Å². The monoisotopic (exact) mass is 504 g/mol. The first-order valence-electron chi connectivity index (χ1n) is 8.22. The molecule has 1 aromatic carbocycles. The molecular weight excluding hydrogens is 478 g/mol. The second-order valence-corrected chi connectivity index (χ2v) is 4.48. The summed E-state index contributed by atoms with van der Waals surface area (Å²) in [5.41, 5.74) is 1.95. The Bertz CT molecular complexity index is 670. The molecule has 0 aliphatic carbocycles. The van der Waals surface area contributed by atoms with Gasteiger partial charge in [0.05, 0.1) is 0 Å². The van der Waals surface area contributed by atoms with Crippen LogP contribution in [0.5, 0.6) is 0 Å². The largest absolute Gasteiger partial charge is 0.573 e. The summed E-state index contributed by atoms with van der Waals surface area (Å²) in [7, 11) is 0. The number of carbonyl (C=O) groups is 2. The number of aryl methyl sites for hydroxylation is 1. The van der Waals surface area contributed by atoms with E-state index < -0.39 is 6.03 Å². The maximum atomic E-state index is 11.8. The van der Waals surface area contributed by atoms with E-state index in [0.717, 1.165) is 17.3 Å². The molecule has 6 nitrogen and oxygen atoms in total. The Labute approximate surface area is 157 Å². The molecule has 1 radical (unpaired) electrons. The summed E-state index contributed by atoms with van der Waals surface area (Å²) in [4.78, 5) is 24.4. The van der Waals surface area contributed by atoms with Gasteiger partial charge in [-0.15, -0.1) is 5.52 Å². The minimum Gasteiger partial charge on any atom is -0.573 e. The molecule has 7 heteroatoms. The van der Waals surface area contributed by atoms with Crippen LogP contribution >= 0.6 is 0 Å². The van der Waals surface area contributed by atoms with Crippen molar-refractivity contribution in [3.05, 3.63) is 23.8 Å². The molecule has 1 fully saturated rings. The number of hydrogen-bond acceptors (Lipinski definition) is 3. The average Bonchev–Trinajstić information content (AvgIpc) is 3.01. The SMILES string of the molecule is CC.CC.CCc1ccc2c(N3CCC(=O)NC3=O)n[n-]c2c1.[Re]. The number of fused-ring (bicyclic) bond motifs is 1. The molecule has 0 unspecified atom stereocenters. The van der Waals surface area contributed by atoms with Crippen LogP contribution in [0.15, 0.2) is 18.2 Å². The van der Waals surface area contributed by atoms with Crippen LogP contribution in [0, 0.1) is 0 Å². The van der Waals surface area contributed by atoms with Crippen molar-refractivity contribution >= 4 is 28.7 Å². The number of imide groups is 1. The summed E-state index contributed by atoms with van der Waals surface area (Å²) in [6, 6.07) is 5.46. The predicted molar refractivity (Wildman–Crippen MR) is 92.6 cm³/mol. The quantitative estimate of drug-likeness (QED) is 0.683. The van der Waals surface area contributed by atoms with E-state index in [2.05, 4.69) is 22.4 Å². The van der Waals surface area contributed by atoms with Crippen molar-refractivity contribution in [1.29, 1.82) is 0 Å². The van der Waals surface area contributed by atoms with Crippen LogP contribution in [0.4, 0.5) is 10.6 Å². The summed E-state index contributed by atoms with van der Waals surface area (Å²) in [5.74, 6) is 0.265. The number of urea groups is 1. The van der Waals surface area contributed by atoms with Gasteiger partial charge in [0, 0.05) is 38.8 Å². The Morgan fingerprint density at radius 3 is 2.46 bits per heavy atom. The van der Waals surface area contributed by atoms with Crippen LogP contribution in [0.2, 0.25) is 0 Å². The van der Waals surface area contributed by atoms with E-state index in [1.54, 1.807) is 0 Å². The maximum Gasteiger partial charge on any atom is 0.329 e. The molecule has 1 N–H and O–H groups in total. The number of rotatable bonds is 2. The van der Waals surface area contributed by atoms with Gasteiger partial charge in [-0.3, -0.25) is 15.0 Å². The van der Waals surface area contributed by atoms with E-state index in [4.69, 9.17) is 0 Å². The van der Waals surface area contributed by atoms with E-state index >= 15 is 0 Å². The summed E-state index contributed by atoms with van der Waals surface area (Å²) in [6.07, 6.45) is 1.21. The van der Waals surface area contributed by atoms with Gasteiger partial charge in [0.1, 0.15) is 5.82 Å². The first-order chi connectivity index (χ1) is 11.2. The van der Waals surface area contributed by atoms with Crippen LogP contribution in [-0.4, -0.2) is 23.6 Å². The van der Waals surface area contributed by atoms with Crippen molar-refractivity contribution < 1.29 is 30.0 Å². The molecule has 1 aliphatic rings. The summed E-state index contributed by atoms with van der Waals surface area (Å²) in [6.45, 7) is 10.4. The van der Waals surface area contributed by atoms with Gasteiger partial charge >= 0.3 is 6.03 Å². The standard InChI is InChI=1S/C13H14N4O2.2C2H6.Re/c1-2-8-3-4-9-10(7-8)15-16-12(9)17-6-5-11(18)14-13(17)19;2*1-2;/h3-4,7H,2,5-6H2,1H3,(H2,14,15,16,18,19);2*1-2H3;/p-1. The van der Waals surface area contributed by atoms with Crippen LogP contribution in [0.25, 0.3) is 10.9 Å². The van der Waals surface area contributed by atoms with Gasteiger partial charge < -0.3 is 10.2 Å². The number of hydrogen-bond donors (Lipinski definition) is 1. The van der Waals surface area contributed by atoms with E-state index in [1.165, 1.54) is 10.5 Å². The van der Waals surface area contributed by atoms with Crippen LogP contribution in [0.3, 0.4) is 0 Å². The molecule has 133 valence electrons. The number of nitrogens with zero attached hydrogens (tertiary/aromatic N) is 3. The Kier molecular flexibility index (Phi) is 10.2. The van der Waals surface area contributed by atoms with Crippen molar-refractivity contribution in [3.63, 3.8) is 0 Å². The molecule has 1 saturated heterocycles. The van der Waals surface area contributed by atoms with E-state index in [9.17, 15) is 9.59 Å². The van der Waals surface area contributed by atoms with Crippen molar-refractivity contribution in [2.24, 2.45) is 0 Å². The normalized spacial score (nSPS) is 13.1. The summed E-state index contributed by atoms with van der Waals surface area (Å²) < 4.78 is 0. The van der Waals surface area contributed by atoms with Crippen molar-refractivity contribution in [1.82, 2.24) is 15.5 Å². The van der Waals surface area contributed by atoms with E-state index in [0.29, 0.717) is 12.4 Å². The number of benzene rings is 1. The first kappa shape index (κ1) is 22.3. The fourth-order valence-corrected chi connectivity index (χ4v) is 2.19. The molecule has 1 aromatic heterocycles. The molecule has 3 rings (SSSR count). The molecule has 3 amide bonds. The Morgan fingerprint density at radius 2 is 1.88 bits per heavy atom. The molecule has 0 atom stereocenters. The predicted octanol–water partition coefficient (Wildman–Crippen LogP) is 3.25. The minimum atomic E-state index is -0.433. The summed E-state index contributed by atoms with van der Waals surface area (Å²) in [5, 5.41) is 11.3. The number of carbonyl (C=O) groups excluding carboxylic acids is 2. The van der Waals surface area contributed by atoms with Gasteiger partial charge in [0.25, 0.3) is 0 Å². The first-order valence-corrected chi connectivity index (χ1v) is 8.22. The van der Waals surface area contributed by atoms with Crippen LogP contribution in [-0.2, 0) is 31.6 Å². The Hall–Kier alpha value is -1.71. The number of anilines is 1. The zero-order valence-corrected chi connectivity index (χ0v) is 17.6. The Balaban J connectivity index is 0.000000987. The minimum absolute atomic E-state index is 0. The Morgan fingerprint density at radius 1 is 1.21 bits per heavy atom. The van der Waals surface area contributed by atoms with Crippen LogP contribution < -0.4 is 15.3 Å². The molecule has 2 aromatic rings. The smallest absolute Gasteiger partial charge is 0.329 e. The number of amides is 3. The van der Waals surface area contributed by atoms with E-state index in [-0.39, 0.29) is 32.8 Å². The molecule has 24 heavy (non-hydrogen) atoms. The molecular formula is C17H25N4O2Re-. The van der Waals surface area contributed by atoms with Crippen molar-refractivity contribution in [3.8, 4) is 0 Å². The van der Waals surface area contributed by atoms with Crippen molar-refractivity contribution in [2.75, 3.05) is 11.4 Å². The van der Waals surface area contributed by atoms with Gasteiger partial charge in [-0.2, -0.15) is 0 Å². The maximum absolute atomic E-state index is 11.8. The molecule has 0 spiro atoms. The van der Waals surface area contributed by atoms with Gasteiger partial charge in [-0.05, 0) is 12.0 Å². The zero-order valence-electron chi connectivity index (χ0n) is 14.9. The second-order valence-electron chi connectivity index (χ2n) is 4.48. The van der Waals surface area contributed by atoms with Crippen LogP contribution in [0.1, 0.15) is 46.6 Å². The fourth-order valence-electron chi connectivity index (χ4n) is 2.19.